The Morgan fingerprint density at radius 3 is 2.38 bits per heavy atom. The number of carbonyl (C=O) groups excluding carboxylic acids is 2. The first-order valence-corrected chi connectivity index (χ1v) is 16.8. The fourth-order valence-corrected chi connectivity index (χ4v) is 9.95. The lowest BCUT2D eigenvalue weighted by molar-refractivity contribution is -0.156. The molecule has 0 bridgehead atoms. The predicted molar refractivity (Wildman–Crippen MR) is 161 cm³/mol. The largest absolute Gasteiger partial charge is 0.393 e. The van der Waals surface area contributed by atoms with Gasteiger partial charge in [-0.05, 0) is 90.9 Å². The lowest BCUT2D eigenvalue weighted by atomic mass is 9.42. The van der Waals surface area contributed by atoms with Crippen LogP contribution in [0.1, 0.15) is 129 Å². The first kappa shape index (κ1) is 29.8. The lowest BCUT2D eigenvalue weighted by Crippen LogP contribution is -2.57. The Labute approximate surface area is 243 Å². The van der Waals surface area contributed by atoms with Crippen molar-refractivity contribution in [3.05, 3.63) is 35.9 Å². The minimum atomic E-state index is -0.118. The Kier molecular flexibility index (Phi) is 9.75. The molecule has 0 aliphatic heterocycles. The van der Waals surface area contributed by atoms with E-state index in [1.54, 1.807) is 0 Å². The van der Waals surface area contributed by atoms with Crippen molar-refractivity contribution < 1.29 is 14.7 Å². The van der Waals surface area contributed by atoms with Crippen LogP contribution in [0.5, 0.6) is 0 Å². The molecule has 1 amide bonds. The van der Waals surface area contributed by atoms with Crippen LogP contribution in [0.2, 0.25) is 0 Å². The van der Waals surface area contributed by atoms with Gasteiger partial charge in [0, 0.05) is 25.8 Å². The van der Waals surface area contributed by atoms with Gasteiger partial charge in [-0.25, -0.2) is 0 Å². The molecule has 0 aromatic heterocycles. The summed E-state index contributed by atoms with van der Waals surface area (Å²) in [4.78, 5) is 24.6. The molecule has 2 N–H and O–H groups in total. The van der Waals surface area contributed by atoms with Gasteiger partial charge in [0.25, 0.3) is 0 Å². The van der Waals surface area contributed by atoms with Gasteiger partial charge in [0.2, 0.25) is 5.91 Å². The number of carbonyl (C=O) groups is 2. The number of hydrogen-bond donors (Lipinski definition) is 2. The van der Waals surface area contributed by atoms with Gasteiger partial charge in [-0.2, -0.15) is 0 Å². The van der Waals surface area contributed by atoms with Crippen LogP contribution in [0.4, 0.5) is 0 Å². The maximum absolute atomic E-state index is 12.5. The third kappa shape index (κ3) is 6.37. The zero-order valence-corrected chi connectivity index (χ0v) is 25.3. The minimum absolute atomic E-state index is 0.117. The number of nitrogens with one attached hydrogen (secondary N) is 1. The van der Waals surface area contributed by atoms with E-state index in [4.69, 9.17) is 0 Å². The molecule has 0 unspecified atom stereocenters. The number of unbranched alkanes of at least 4 members (excludes halogenated alkanes) is 6. The summed E-state index contributed by atoms with van der Waals surface area (Å²) in [5.74, 6) is 4.16. The number of aliphatic hydroxyl groups excluding tert-OH is 1. The number of amides is 1. The third-order valence-electron chi connectivity index (χ3n) is 12.4. The molecule has 5 rings (SSSR count). The fourth-order valence-electron chi connectivity index (χ4n) is 9.95. The van der Waals surface area contributed by atoms with Gasteiger partial charge >= 0.3 is 0 Å². The second-order valence-electron chi connectivity index (χ2n) is 14.6. The summed E-state index contributed by atoms with van der Waals surface area (Å²) in [6.07, 6.45) is 18.9. The number of rotatable bonds is 12. The van der Waals surface area contributed by atoms with E-state index >= 15 is 0 Å². The molecule has 0 saturated heterocycles. The van der Waals surface area contributed by atoms with E-state index in [0.717, 1.165) is 61.8 Å². The lowest BCUT2D eigenvalue weighted by Gasteiger charge is -2.62. The van der Waals surface area contributed by atoms with Crippen molar-refractivity contribution in [3.8, 4) is 0 Å². The van der Waals surface area contributed by atoms with E-state index < -0.39 is 0 Å². The summed E-state index contributed by atoms with van der Waals surface area (Å²) in [6, 6.07) is 10.1. The molecule has 4 nitrogen and oxygen atoms in total. The summed E-state index contributed by atoms with van der Waals surface area (Å²) in [5, 5.41) is 14.0. The quantitative estimate of drug-likeness (QED) is 0.260. The highest BCUT2D eigenvalue weighted by atomic mass is 16.3. The molecular weight excluding hydrogens is 494 g/mol. The van der Waals surface area contributed by atoms with Gasteiger partial charge in [0.1, 0.15) is 5.78 Å². The second kappa shape index (κ2) is 13.1. The van der Waals surface area contributed by atoms with Crippen molar-refractivity contribution in [2.45, 2.75) is 136 Å². The normalized spacial score (nSPS) is 36.9. The topological polar surface area (TPSA) is 66.4 Å². The zero-order chi connectivity index (χ0) is 28.2. The van der Waals surface area contributed by atoms with Crippen molar-refractivity contribution in [1.82, 2.24) is 5.32 Å². The summed E-state index contributed by atoms with van der Waals surface area (Å²) >= 11 is 0. The number of benzene rings is 1. The van der Waals surface area contributed by atoms with Gasteiger partial charge in [-0.3, -0.25) is 9.59 Å². The summed E-state index contributed by atoms with van der Waals surface area (Å²) in [6.45, 7) is 5.56. The predicted octanol–water partition coefficient (Wildman–Crippen LogP) is 8.01. The average Bonchev–Trinajstić information content (AvgIpc) is 3.26. The zero-order valence-electron chi connectivity index (χ0n) is 25.3. The molecule has 4 fully saturated rings. The van der Waals surface area contributed by atoms with Gasteiger partial charge in [-0.15, -0.1) is 0 Å². The Morgan fingerprint density at radius 1 is 0.900 bits per heavy atom. The Morgan fingerprint density at radius 2 is 1.60 bits per heavy atom. The number of aliphatic hydroxyl groups is 1. The maximum Gasteiger partial charge on any atom is 0.220 e. The van der Waals surface area contributed by atoms with E-state index in [0.29, 0.717) is 36.0 Å². The second-order valence-corrected chi connectivity index (χ2v) is 14.6. The molecule has 222 valence electrons. The van der Waals surface area contributed by atoms with E-state index in [1.165, 1.54) is 64.2 Å². The summed E-state index contributed by atoms with van der Waals surface area (Å²) in [7, 11) is 0. The van der Waals surface area contributed by atoms with Crippen LogP contribution >= 0.6 is 0 Å². The fraction of sp³-hybridized carbons (Fsp3) is 0.778. The van der Waals surface area contributed by atoms with Crippen molar-refractivity contribution in [3.63, 3.8) is 0 Å². The Hall–Kier alpha value is -1.68. The number of ketones is 1. The minimum Gasteiger partial charge on any atom is -0.393 e. The van der Waals surface area contributed by atoms with E-state index in [-0.39, 0.29) is 17.4 Å². The Balaban J connectivity index is 1.04. The van der Waals surface area contributed by atoms with Crippen molar-refractivity contribution >= 4 is 11.7 Å². The molecule has 4 aliphatic rings. The molecule has 1 aromatic carbocycles. The van der Waals surface area contributed by atoms with Gasteiger partial charge in [0.05, 0.1) is 6.10 Å². The van der Waals surface area contributed by atoms with Crippen LogP contribution < -0.4 is 5.32 Å². The number of hydrogen-bond acceptors (Lipinski definition) is 3. The van der Waals surface area contributed by atoms with Crippen LogP contribution in [-0.2, 0) is 16.1 Å². The molecule has 0 spiro atoms. The maximum atomic E-state index is 12.5. The van der Waals surface area contributed by atoms with Gasteiger partial charge < -0.3 is 10.4 Å². The van der Waals surface area contributed by atoms with Crippen LogP contribution in [0.3, 0.4) is 0 Å². The third-order valence-corrected chi connectivity index (χ3v) is 12.4. The molecule has 4 heteroatoms. The van der Waals surface area contributed by atoms with Crippen molar-refractivity contribution in [2.75, 3.05) is 0 Å². The highest BCUT2D eigenvalue weighted by molar-refractivity contribution is 5.79. The van der Waals surface area contributed by atoms with Crippen LogP contribution in [0.25, 0.3) is 0 Å². The van der Waals surface area contributed by atoms with Crippen LogP contribution in [0.15, 0.2) is 30.3 Å². The highest BCUT2D eigenvalue weighted by Crippen LogP contribution is 2.67. The van der Waals surface area contributed by atoms with Gasteiger partial charge in [0.15, 0.2) is 0 Å². The SMILES string of the molecule is C[C@]12CCC(=O)C[C@@H]1C[C@@H](CCCCCCCCCC(=O)NCc1ccccc1)[C@@H]1[C@@H]2CC[C@]2(C)[C@@H](O)CC[C@@H]12. The first-order valence-electron chi connectivity index (χ1n) is 16.8. The summed E-state index contributed by atoms with van der Waals surface area (Å²) < 4.78 is 0. The molecule has 0 radical (unpaired) electrons. The first-order chi connectivity index (χ1) is 19.3. The van der Waals surface area contributed by atoms with Crippen molar-refractivity contribution in [1.29, 1.82) is 0 Å². The molecule has 8 atom stereocenters. The standard InChI is InChI=1S/C36H55NO3/c1-35-21-19-29(38)24-28(35)23-27(34-30-17-18-32(39)36(30,2)22-20-31(34)35)15-11-6-4-3-5-7-12-16-33(40)37-25-26-13-9-8-10-14-26/h8-10,13-14,27-28,30-32,34,39H,3-7,11-12,15-25H2,1-2H3,(H,37,40)/t27-,28+,30+,31+,32+,34+,35+,36+/m1/s1. The molecule has 0 heterocycles. The van der Waals surface area contributed by atoms with E-state index in [1.807, 2.05) is 30.3 Å². The van der Waals surface area contributed by atoms with Gasteiger partial charge in [-0.1, -0.05) is 89.1 Å². The van der Waals surface area contributed by atoms with E-state index in [2.05, 4.69) is 19.2 Å². The highest BCUT2D eigenvalue weighted by Gasteiger charge is 2.62. The average molecular weight is 550 g/mol. The Bertz CT molecular complexity index is 993. The van der Waals surface area contributed by atoms with Crippen LogP contribution in [0, 0.1) is 40.4 Å². The molecule has 40 heavy (non-hydrogen) atoms. The van der Waals surface area contributed by atoms with Crippen LogP contribution in [-0.4, -0.2) is 22.9 Å². The van der Waals surface area contributed by atoms with E-state index in [9.17, 15) is 14.7 Å². The molecular formula is C36H55NO3. The summed E-state index contributed by atoms with van der Waals surface area (Å²) in [5.41, 5.74) is 1.60. The van der Waals surface area contributed by atoms with Crippen molar-refractivity contribution in [2.24, 2.45) is 40.4 Å². The smallest absolute Gasteiger partial charge is 0.220 e. The number of fused-ring (bicyclic) bond motifs is 5. The molecule has 1 aromatic rings. The molecule has 4 saturated carbocycles. The molecule has 4 aliphatic carbocycles. The number of Topliss-reactive ketones (excluding diaryl/α,β-unsaturated/α-hetero) is 1. The monoisotopic (exact) mass is 549 g/mol.